The lowest BCUT2D eigenvalue weighted by Crippen LogP contribution is -2.25. The van der Waals surface area contributed by atoms with Crippen LogP contribution in [0.5, 0.6) is 0 Å². The largest absolute Gasteiger partial charge is 0.392 e. The highest BCUT2D eigenvalue weighted by Crippen LogP contribution is 2.08. The van der Waals surface area contributed by atoms with E-state index in [1.54, 1.807) is 0 Å². The summed E-state index contributed by atoms with van der Waals surface area (Å²) in [5.41, 5.74) is 0. The Hall–Kier alpha value is -0.0800. The van der Waals surface area contributed by atoms with E-state index in [0.717, 1.165) is 19.0 Å². The van der Waals surface area contributed by atoms with Gasteiger partial charge in [-0.2, -0.15) is 0 Å². The minimum atomic E-state index is -0.212. The number of hydrogen-bond donors (Lipinski definition) is 2. The summed E-state index contributed by atoms with van der Waals surface area (Å²) >= 11 is 0. The topological polar surface area (TPSA) is 32.3 Å². The molecule has 2 N–H and O–H groups in total. The molecule has 0 bridgehead atoms. The van der Waals surface area contributed by atoms with Gasteiger partial charge in [0.2, 0.25) is 0 Å². The van der Waals surface area contributed by atoms with E-state index in [9.17, 15) is 0 Å². The third-order valence-corrected chi connectivity index (χ3v) is 2.32. The molecule has 0 fully saturated rings. The summed E-state index contributed by atoms with van der Waals surface area (Å²) in [4.78, 5) is 0. The molecule has 2 nitrogen and oxygen atoms in total. The molecule has 0 aromatic rings. The fourth-order valence-corrected chi connectivity index (χ4v) is 1.47. The summed E-state index contributed by atoms with van der Waals surface area (Å²) in [6.07, 6.45) is 6.43. The van der Waals surface area contributed by atoms with Crippen LogP contribution in [0.4, 0.5) is 0 Å². The summed E-state index contributed by atoms with van der Waals surface area (Å²) in [5, 5.41) is 12.2. The van der Waals surface area contributed by atoms with E-state index in [4.69, 9.17) is 5.11 Å². The first-order chi connectivity index (χ1) is 6.63. The van der Waals surface area contributed by atoms with Crippen molar-refractivity contribution in [1.29, 1.82) is 0 Å². The molecule has 0 amide bonds. The van der Waals surface area contributed by atoms with E-state index in [0.29, 0.717) is 0 Å². The first kappa shape index (κ1) is 13.9. The number of unbranched alkanes of at least 4 members (excludes halogenated alkanes) is 3. The molecule has 0 saturated carbocycles. The molecule has 14 heavy (non-hydrogen) atoms. The second-order valence-electron chi connectivity index (χ2n) is 4.65. The van der Waals surface area contributed by atoms with Gasteiger partial charge in [-0.25, -0.2) is 0 Å². The SMILES string of the molecule is CC(C)CCCCCCNCC(C)O. The zero-order chi connectivity index (χ0) is 10.8. The molecule has 0 aromatic carbocycles. The maximum atomic E-state index is 8.99. The van der Waals surface area contributed by atoms with Crippen LogP contribution >= 0.6 is 0 Å². The predicted molar refractivity (Wildman–Crippen MR) is 62.5 cm³/mol. The Labute approximate surface area is 89.1 Å². The van der Waals surface area contributed by atoms with E-state index in [1.165, 1.54) is 32.1 Å². The lowest BCUT2D eigenvalue weighted by Gasteiger charge is -2.07. The molecule has 1 atom stereocenters. The van der Waals surface area contributed by atoms with E-state index in [1.807, 2.05) is 6.92 Å². The van der Waals surface area contributed by atoms with Crippen LogP contribution in [-0.2, 0) is 0 Å². The van der Waals surface area contributed by atoms with Gasteiger partial charge in [-0.1, -0.05) is 39.5 Å². The van der Waals surface area contributed by atoms with Gasteiger partial charge in [-0.15, -0.1) is 0 Å². The average Bonchev–Trinajstić information content (AvgIpc) is 2.08. The monoisotopic (exact) mass is 201 g/mol. The molecule has 0 radical (unpaired) electrons. The Morgan fingerprint density at radius 2 is 1.64 bits per heavy atom. The van der Waals surface area contributed by atoms with Gasteiger partial charge in [0.05, 0.1) is 6.10 Å². The molecule has 0 aliphatic carbocycles. The van der Waals surface area contributed by atoms with E-state index in [2.05, 4.69) is 19.2 Å². The Bertz CT molecular complexity index is 98.9. The van der Waals surface area contributed by atoms with Gasteiger partial charge in [-0.3, -0.25) is 0 Å². The molecule has 86 valence electrons. The number of nitrogens with one attached hydrogen (secondary N) is 1. The van der Waals surface area contributed by atoms with Crippen molar-refractivity contribution in [3.63, 3.8) is 0 Å². The van der Waals surface area contributed by atoms with Crippen molar-refractivity contribution in [3.05, 3.63) is 0 Å². The van der Waals surface area contributed by atoms with Crippen molar-refractivity contribution in [3.8, 4) is 0 Å². The summed E-state index contributed by atoms with van der Waals surface area (Å²) in [6, 6.07) is 0. The highest BCUT2D eigenvalue weighted by molar-refractivity contribution is 4.54. The van der Waals surface area contributed by atoms with E-state index in [-0.39, 0.29) is 6.10 Å². The maximum absolute atomic E-state index is 8.99. The second-order valence-corrected chi connectivity index (χ2v) is 4.65. The Balaban J connectivity index is 2.92. The Morgan fingerprint density at radius 1 is 1.00 bits per heavy atom. The van der Waals surface area contributed by atoms with Crippen molar-refractivity contribution < 1.29 is 5.11 Å². The highest BCUT2D eigenvalue weighted by atomic mass is 16.3. The first-order valence-corrected chi connectivity index (χ1v) is 6.01. The average molecular weight is 201 g/mol. The molecule has 0 rings (SSSR count). The van der Waals surface area contributed by atoms with Crippen LogP contribution in [0, 0.1) is 5.92 Å². The van der Waals surface area contributed by atoms with Gasteiger partial charge in [0.1, 0.15) is 0 Å². The maximum Gasteiger partial charge on any atom is 0.0636 e. The quantitative estimate of drug-likeness (QED) is 0.562. The van der Waals surface area contributed by atoms with Crippen LogP contribution in [0.2, 0.25) is 0 Å². The molecule has 0 aromatic heterocycles. The van der Waals surface area contributed by atoms with Gasteiger partial charge in [0, 0.05) is 6.54 Å². The lowest BCUT2D eigenvalue weighted by atomic mass is 10.0. The summed E-state index contributed by atoms with van der Waals surface area (Å²) in [7, 11) is 0. The number of aliphatic hydroxyl groups is 1. The van der Waals surface area contributed by atoms with E-state index >= 15 is 0 Å². The molecule has 2 heteroatoms. The first-order valence-electron chi connectivity index (χ1n) is 6.01. The molecular weight excluding hydrogens is 174 g/mol. The normalized spacial score (nSPS) is 13.5. The Morgan fingerprint density at radius 3 is 2.21 bits per heavy atom. The van der Waals surface area contributed by atoms with Crippen molar-refractivity contribution in [2.75, 3.05) is 13.1 Å². The molecule has 0 heterocycles. The summed E-state index contributed by atoms with van der Waals surface area (Å²) < 4.78 is 0. The molecular formula is C12H27NO. The zero-order valence-corrected chi connectivity index (χ0v) is 10.1. The third-order valence-electron chi connectivity index (χ3n) is 2.32. The van der Waals surface area contributed by atoms with E-state index < -0.39 is 0 Å². The van der Waals surface area contributed by atoms with Crippen molar-refractivity contribution in [2.24, 2.45) is 5.92 Å². The van der Waals surface area contributed by atoms with Crippen LogP contribution < -0.4 is 5.32 Å². The highest BCUT2D eigenvalue weighted by Gasteiger charge is 1.95. The van der Waals surface area contributed by atoms with Crippen LogP contribution in [0.3, 0.4) is 0 Å². The minimum Gasteiger partial charge on any atom is -0.392 e. The smallest absolute Gasteiger partial charge is 0.0636 e. The van der Waals surface area contributed by atoms with Gasteiger partial charge >= 0.3 is 0 Å². The molecule has 1 unspecified atom stereocenters. The van der Waals surface area contributed by atoms with Crippen LogP contribution in [0.15, 0.2) is 0 Å². The molecule has 0 aliphatic heterocycles. The zero-order valence-electron chi connectivity index (χ0n) is 10.1. The molecule has 0 spiro atoms. The Kier molecular flexibility index (Phi) is 9.42. The second kappa shape index (κ2) is 9.47. The van der Waals surface area contributed by atoms with Crippen LogP contribution in [0.1, 0.15) is 52.9 Å². The van der Waals surface area contributed by atoms with Gasteiger partial charge in [0.15, 0.2) is 0 Å². The van der Waals surface area contributed by atoms with Crippen molar-refractivity contribution >= 4 is 0 Å². The minimum absolute atomic E-state index is 0.212. The molecule has 0 aliphatic rings. The predicted octanol–water partition coefficient (Wildman–Crippen LogP) is 2.56. The number of hydrogen-bond acceptors (Lipinski definition) is 2. The summed E-state index contributed by atoms with van der Waals surface area (Å²) in [6.45, 7) is 8.16. The van der Waals surface area contributed by atoms with Crippen molar-refractivity contribution in [1.82, 2.24) is 5.32 Å². The fraction of sp³-hybridized carbons (Fsp3) is 1.00. The van der Waals surface area contributed by atoms with Gasteiger partial charge in [0.25, 0.3) is 0 Å². The van der Waals surface area contributed by atoms with Gasteiger partial charge in [-0.05, 0) is 25.8 Å². The summed E-state index contributed by atoms with van der Waals surface area (Å²) in [5.74, 6) is 0.850. The fourth-order valence-electron chi connectivity index (χ4n) is 1.47. The number of aliphatic hydroxyl groups excluding tert-OH is 1. The van der Waals surface area contributed by atoms with Gasteiger partial charge < -0.3 is 10.4 Å². The van der Waals surface area contributed by atoms with Crippen LogP contribution in [0.25, 0.3) is 0 Å². The third kappa shape index (κ3) is 11.9. The van der Waals surface area contributed by atoms with Crippen LogP contribution in [-0.4, -0.2) is 24.3 Å². The molecule has 0 saturated heterocycles. The lowest BCUT2D eigenvalue weighted by molar-refractivity contribution is 0.191. The standard InChI is InChI=1S/C12H27NO/c1-11(2)8-6-4-5-7-9-13-10-12(3)14/h11-14H,4-10H2,1-3H3. The van der Waals surface area contributed by atoms with Crippen molar-refractivity contribution in [2.45, 2.75) is 59.0 Å². The number of rotatable bonds is 9.